The van der Waals surface area contributed by atoms with E-state index >= 15 is 0 Å². The summed E-state index contributed by atoms with van der Waals surface area (Å²) in [5, 5.41) is 15.8. The summed E-state index contributed by atoms with van der Waals surface area (Å²) in [4.78, 5) is 19.2. The number of carbonyl (C=O) groups is 2. The van der Waals surface area contributed by atoms with Gasteiger partial charge in [0.15, 0.2) is 0 Å². The molecule has 0 aromatic rings. The van der Waals surface area contributed by atoms with E-state index < -0.39 is 11.9 Å². The molecule has 0 spiro atoms. The molecule has 0 rings (SSSR count). The average Bonchev–Trinajstić information content (AvgIpc) is 2.08. The number of rotatable bonds is 2. The molecule has 0 aliphatic rings. The van der Waals surface area contributed by atoms with Crippen LogP contribution < -0.4 is 0 Å². The Labute approximate surface area is 93.9 Å². The van der Waals surface area contributed by atoms with Gasteiger partial charge in [0.2, 0.25) is 0 Å². The Hall–Kier alpha value is -1.07. The van der Waals surface area contributed by atoms with Gasteiger partial charge in [-0.05, 0) is 13.8 Å². The van der Waals surface area contributed by atoms with E-state index in [0.29, 0.717) is 0 Å². The van der Waals surface area contributed by atoms with Gasteiger partial charge in [-0.3, -0.25) is 0 Å². The van der Waals surface area contributed by atoms with Gasteiger partial charge in [-0.25, -0.2) is 9.59 Å². The van der Waals surface area contributed by atoms with E-state index in [1.807, 2.05) is 0 Å². The van der Waals surface area contributed by atoms with E-state index in [9.17, 15) is 9.59 Å². The average molecular weight is 236 g/mol. The minimum absolute atomic E-state index is 0.176. The number of hydrogen-bond donors (Lipinski definition) is 2. The third-order valence-electron chi connectivity index (χ3n) is 0.730. The van der Waals surface area contributed by atoms with Crippen LogP contribution in [0.2, 0.25) is 0 Å². The Bertz CT molecular complexity index is 186. The zero-order valence-corrected chi connectivity index (χ0v) is 9.59. The summed E-state index contributed by atoms with van der Waals surface area (Å²) in [7, 11) is 0. The molecule has 2 N–H and O–H groups in total. The van der Waals surface area contributed by atoms with E-state index in [-0.39, 0.29) is 11.1 Å². The van der Waals surface area contributed by atoms with Crippen LogP contribution in [0.25, 0.3) is 0 Å². The van der Waals surface area contributed by atoms with Crippen molar-refractivity contribution in [3.05, 3.63) is 24.3 Å². The van der Waals surface area contributed by atoms with E-state index in [1.54, 1.807) is 0 Å². The first-order valence-corrected chi connectivity index (χ1v) is 3.90. The monoisotopic (exact) mass is 236 g/mol. The zero-order valence-electron chi connectivity index (χ0n) is 8.03. The summed E-state index contributed by atoms with van der Waals surface area (Å²) in [5.41, 5.74) is 0.352. The van der Waals surface area contributed by atoms with Crippen LogP contribution in [0.3, 0.4) is 0 Å². The van der Waals surface area contributed by atoms with E-state index in [1.165, 1.54) is 13.8 Å². The van der Waals surface area contributed by atoms with Gasteiger partial charge in [-0.1, -0.05) is 13.2 Å². The molecule has 0 saturated carbocycles. The van der Waals surface area contributed by atoms with Gasteiger partial charge in [0.05, 0.1) is 0 Å². The van der Waals surface area contributed by atoms with Crippen LogP contribution in [-0.4, -0.2) is 22.2 Å². The molecule has 78 valence electrons. The quantitative estimate of drug-likeness (QED) is 0.554. The van der Waals surface area contributed by atoms with E-state index in [2.05, 4.69) is 13.2 Å². The van der Waals surface area contributed by atoms with Crippen LogP contribution in [0, 0.1) is 0 Å². The molecule has 0 heterocycles. The number of carboxylic acid groups (broad SMARTS) is 2. The first kappa shape index (κ1) is 18.7. The molecule has 0 amide bonds. The van der Waals surface area contributed by atoms with Gasteiger partial charge in [-0.15, -0.1) is 0 Å². The van der Waals surface area contributed by atoms with Gasteiger partial charge in [0.1, 0.15) is 0 Å². The summed E-state index contributed by atoms with van der Waals surface area (Å²) in [6, 6.07) is 0. The molecular formula is C8H12O5Ti. The molecule has 0 bridgehead atoms. The van der Waals surface area contributed by atoms with E-state index in [0.717, 1.165) is 20.4 Å². The Morgan fingerprint density at radius 1 is 0.929 bits per heavy atom. The molecule has 5 nitrogen and oxygen atoms in total. The number of carboxylic acids is 2. The maximum absolute atomic E-state index is 9.60. The molecule has 0 unspecified atom stereocenters. The second kappa shape index (κ2) is 11.9. The van der Waals surface area contributed by atoms with Crippen molar-refractivity contribution in [2.45, 2.75) is 13.8 Å². The first-order chi connectivity index (χ1) is 6.29. The van der Waals surface area contributed by atoms with Crippen LogP contribution in [-0.2, 0) is 33.3 Å². The standard InChI is InChI=1S/2C4H6O2.O.Ti/c2*1-3(2)4(5)6;;/h2*1H2,2H3,(H,5,6);;. The maximum atomic E-state index is 9.60. The minimum atomic E-state index is -0.935. The third-order valence-corrected chi connectivity index (χ3v) is 0.730. The van der Waals surface area contributed by atoms with Crippen LogP contribution in [0.15, 0.2) is 24.3 Å². The topological polar surface area (TPSA) is 91.7 Å². The molecule has 6 heteroatoms. The van der Waals surface area contributed by atoms with Crippen molar-refractivity contribution in [2.75, 3.05) is 0 Å². The molecule has 0 fully saturated rings. The van der Waals surface area contributed by atoms with Crippen molar-refractivity contribution >= 4 is 11.9 Å². The van der Waals surface area contributed by atoms with Crippen LogP contribution in [0.5, 0.6) is 0 Å². The summed E-state index contributed by atoms with van der Waals surface area (Å²) in [5.74, 6) is -1.87. The molecule has 14 heavy (non-hydrogen) atoms. The molecular weight excluding hydrogens is 224 g/mol. The molecule has 0 aliphatic carbocycles. The molecule has 0 radical (unpaired) electrons. The van der Waals surface area contributed by atoms with Gasteiger partial charge in [0, 0.05) is 11.1 Å². The van der Waals surface area contributed by atoms with Gasteiger partial charge in [-0.2, -0.15) is 0 Å². The van der Waals surface area contributed by atoms with Crippen molar-refractivity contribution in [1.29, 1.82) is 0 Å². The molecule has 0 aliphatic heterocycles. The Kier molecular flexibility index (Phi) is 15.9. The van der Waals surface area contributed by atoms with Crippen molar-refractivity contribution in [3.8, 4) is 0 Å². The summed E-state index contributed by atoms with van der Waals surface area (Å²) < 4.78 is 8.25. The summed E-state index contributed by atoms with van der Waals surface area (Å²) >= 11 is 0.750. The van der Waals surface area contributed by atoms with Crippen molar-refractivity contribution in [3.63, 3.8) is 0 Å². The number of aliphatic carboxylic acids is 2. The number of hydrogen-bond acceptors (Lipinski definition) is 3. The fourth-order valence-electron chi connectivity index (χ4n) is 0. The summed E-state index contributed by atoms with van der Waals surface area (Å²) in [6.45, 7) is 9.20. The molecule has 0 aromatic carbocycles. The first-order valence-electron chi connectivity index (χ1n) is 3.27. The second-order valence-electron chi connectivity index (χ2n) is 2.17. The molecule has 0 atom stereocenters. The van der Waals surface area contributed by atoms with Crippen molar-refractivity contribution < 1.29 is 43.5 Å². The van der Waals surface area contributed by atoms with Crippen LogP contribution in [0.4, 0.5) is 0 Å². The normalized spacial score (nSPS) is 6.64. The molecule has 0 saturated heterocycles. The van der Waals surface area contributed by atoms with E-state index in [4.69, 9.17) is 13.5 Å². The van der Waals surface area contributed by atoms with Gasteiger partial charge in [0.25, 0.3) is 0 Å². The van der Waals surface area contributed by atoms with Crippen LogP contribution >= 0.6 is 0 Å². The Morgan fingerprint density at radius 2 is 1.00 bits per heavy atom. The third kappa shape index (κ3) is 22.4. The fraction of sp³-hybridized carbons (Fsp3) is 0.250. The Morgan fingerprint density at radius 3 is 1.00 bits per heavy atom. The zero-order chi connectivity index (χ0) is 12.3. The fourth-order valence-corrected chi connectivity index (χ4v) is 0. The summed E-state index contributed by atoms with van der Waals surface area (Å²) in [6.07, 6.45) is 0. The molecule has 0 aromatic heterocycles. The van der Waals surface area contributed by atoms with Gasteiger partial charge >= 0.3 is 35.7 Å². The van der Waals surface area contributed by atoms with Crippen LogP contribution in [0.1, 0.15) is 13.8 Å². The van der Waals surface area contributed by atoms with Crippen molar-refractivity contribution in [2.24, 2.45) is 0 Å². The predicted octanol–water partition coefficient (Wildman–Crippen LogP) is 1.17. The van der Waals surface area contributed by atoms with Crippen molar-refractivity contribution in [1.82, 2.24) is 0 Å². The van der Waals surface area contributed by atoms with Gasteiger partial charge < -0.3 is 10.2 Å². The predicted molar refractivity (Wildman–Crippen MR) is 45.6 cm³/mol. The SMILES string of the molecule is C=C(C)C(=O)O.C=C(C)C(=O)O.[O]=[Ti]. The second-order valence-corrected chi connectivity index (χ2v) is 2.17. The Balaban J connectivity index is -0.000000147.